The van der Waals surface area contributed by atoms with Gasteiger partial charge in [-0.2, -0.15) is 8.42 Å². The normalized spacial score (nSPS) is 11.2. The number of rotatable bonds is 6. The van der Waals surface area contributed by atoms with Gasteiger partial charge in [0.05, 0.1) is 0 Å². The lowest BCUT2D eigenvalue weighted by atomic mass is 10.0. The highest BCUT2D eigenvalue weighted by molar-refractivity contribution is 7.85. The third kappa shape index (κ3) is 8.28. The average Bonchev–Trinajstić information content (AvgIpc) is 2.87. The number of hydrogen-bond donors (Lipinski definition) is 1. The van der Waals surface area contributed by atoms with Gasteiger partial charge in [0.1, 0.15) is 4.90 Å². The fourth-order valence-corrected chi connectivity index (χ4v) is 4.05. The second-order valence-corrected chi connectivity index (χ2v) is 9.34. The van der Waals surface area contributed by atoms with E-state index in [2.05, 4.69) is 48.6 Å². The molecular weight excluding hydrogens is 496 g/mol. The zero-order chi connectivity index (χ0) is 26.0. The summed E-state index contributed by atoms with van der Waals surface area (Å²) in [6, 6.07) is 32.9. The van der Waals surface area contributed by atoms with E-state index in [1.54, 1.807) is 24.3 Å². The molecule has 6 nitrogen and oxygen atoms in total. The van der Waals surface area contributed by atoms with Crippen LogP contribution in [0.4, 0.5) is 0 Å². The van der Waals surface area contributed by atoms with Gasteiger partial charge >= 0.3 is 10.6 Å². The molecule has 0 saturated heterocycles. The molecule has 0 radical (unpaired) electrons. The van der Waals surface area contributed by atoms with Gasteiger partial charge in [-0.05, 0) is 39.4 Å². The maximum Gasteiger partial charge on any atom is 0.425 e. The molecular formula is C28H22O6S2. The second-order valence-electron chi connectivity index (χ2n) is 7.54. The van der Waals surface area contributed by atoms with Gasteiger partial charge in [-0.25, -0.2) is 0 Å². The summed E-state index contributed by atoms with van der Waals surface area (Å²) in [5, 5.41) is 0. The summed E-state index contributed by atoms with van der Waals surface area (Å²) < 4.78 is 57.8. The zero-order valence-corrected chi connectivity index (χ0v) is 20.6. The summed E-state index contributed by atoms with van der Waals surface area (Å²) in [6.07, 6.45) is 7.70. The van der Waals surface area contributed by atoms with Crippen LogP contribution in [0.3, 0.4) is 0 Å². The van der Waals surface area contributed by atoms with Crippen molar-refractivity contribution in [3.63, 3.8) is 0 Å². The van der Waals surface area contributed by atoms with E-state index in [0.29, 0.717) is 5.56 Å². The Morgan fingerprint density at radius 1 is 0.528 bits per heavy atom. The fourth-order valence-electron chi connectivity index (χ4n) is 3.37. The molecule has 0 aliphatic rings. The molecule has 0 aliphatic heterocycles. The van der Waals surface area contributed by atoms with Gasteiger partial charge in [0, 0.05) is 0 Å². The lowest BCUT2D eigenvalue weighted by Gasteiger charge is -2.04. The lowest BCUT2D eigenvalue weighted by molar-refractivity contribution is 0.483. The molecule has 0 unspecified atom stereocenters. The van der Waals surface area contributed by atoms with E-state index in [9.17, 15) is 13.0 Å². The highest BCUT2D eigenvalue weighted by Crippen LogP contribution is 2.23. The second kappa shape index (κ2) is 12.6. The summed E-state index contributed by atoms with van der Waals surface area (Å²) in [4.78, 5) is -0.103. The fraction of sp³-hybridized carbons (Fsp3) is 0. The number of benzene rings is 4. The quantitative estimate of drug-likeness (QED) is 0.250. The Balaban J connectivity index is 0.000000840. The third-order valence-electron chi connectivity index (χ3n) is 5.07. The Bertz CT molecular complexity index is 1570. The zero-order valence-electron chi connectivity index (χ0n) is 18.9. The van der Waals surface area contributed by atoms with E-state index in [1.165, 1.54) is 11.6 Å². The van der Waals surface area contributed by atoms with Gasteiger partial charge in [-0.3, -0.25) is 4.55 Å². The molecule has 0 heterocycles. The molecule has 182 valence electrons. The largest absolute Gasteiger partial charge is 0.425 e. The average molecular weight is 519 g/mol. The molecule has 1 N–H and O–H groups in total. The van der Waals surface area contributed by atoms with Crippen LogP contribution < -0.4 is 0 Å². The van der Waals surface area contributed by atoms with E-state index >= 15 is 0 Å². The van der Waals surface area contributed by atoms with E-state index in [1.807, 2.05) is 48.5 Å². The maximum absolute atomic E-state index is 11.5. The molecule has 8 heteroatoms. The Labute approximate surface area is 211 Å². The van der Waals surface area contributed by atoms with Gasteiger partial charge < -0.3 is 0 Å². The first-order chi connectivity index (χ1) is 17.2. The molecule has 0 aromatic heterocycles. The summed E-state index contributed by atoms with van der Waals surface area (Å²) in [6.45, 7) is 0. The van der Waals surface area contributed by atoms with Crippen molar-refractivity contribution < 1.29 is 25.6 Å². The molecule has 36 heavy (non-hydrogen) atoms. The van der Waals surface area contributed by atoms with Gasteiger partial charge in [0.2, 0.25) is 0 Å². The van der Waals surface area contributed by atoms with Crippen molar-refractivity contribution in [1.82, 2.24) is 0 Å². The van der Waals surface area contributed by atoms with Crippen LogP contribution in [0.25, 0.3) is 35.4 Å². The molecule has 4 aromatic rings. The Morgan fingerprint density at radius 3 is 1.39 bits per heavy atom. The SMILES string of the molecule is O=S(=O)(O)c1ccccc1/C=C/c1ccc(-c2ccc(/C=C/c3ccccc3)cc2)cc1.O=S(=O)=O. The summed E-state index contributed by atoms with van der Waals surface area (Å²) in [5.41, 5.74) is 5.89. The van der Waals surface area contributed by atoms with Crippen LogP contribution in [-0.2, 0) is 20.7 Å². The molecule has 0 fully saturated rings. The Hall–Kier alpha value is -4.11. The van der Waals surface area contributed by atoms with Gasteiger partial charge in [0.25, 0.3) is 10.1 Å². The summed E-state index contributed by atoms with van der Waals surface area (Å²) in [7, 11) is -7.37. The Morgan fingerprint density at radius 2 is 0.917 bits per heavy atom. The molecule has 4 aromatic carbocycles. The maximum atomic E-state index is 11.5. The third-order valence-corrected chi connectivity index (χ3v) is 6.00. The monoisotopic (exact) mass is 518 g/mol. The topological polar surface area (TPSA) is 106 Å². The molecule has 4 rings (SSSR count). The van der Waals surface area contributed by atoms with Crippen LogP contribution in [-0.4, -0.2) is 25.6 Å². The van der Waals surface area contributed by atoms with E-state index in [4.69, 9.17) is 12.6 Å². The van der Waals surface area contributed by atoms with Crippen molar-refractivity contribution in [2.24, 2.45) is 0 Å². The summed E-state index contributed by atoms with van der Waals surface area (Å²) >= 11 is 0. The van der Waals surface area contributed by atoms with Gasteiger partial charge in [-0.15, -0.1) is 12.6 Å². The van der Waals surface area contributed by atoms with Crippen molar-refractivity contribution in [1.29, 1.82) is 0 Å². The van der Waals surface area contributed by atoms with Crippen molar-refractivity contribution in [2.75, 3.05) is 0 Å². The van der Waals surface area contributed by atoms with Crippen molar-refractivity contribution in [3.05, 3.63) is 125 Å². The van der Waals surface area contributed by atoms with Crippen molar-refractivity contribution in [3.8, 4) is 11.1 Å². The molecule has 0 bridgehead atoms. The van der Waals surface area contributed by atoms with Gasteiger partial charge in [0.15, 0.2) is 0 Å². The first kappa shape index (κ1) is 26.5. The van der Waals surface area contributed by atoms with Crippen LogP contribution >= 0.6 is 0 Å². The predicted octanol–water partition coefficient (Wildman–Crippen LogP) is 5.94. The van der Waals surface area contributed by atoms with Crippen LogP contribution in [0.15, 0.2) is 108 Å². The summed E-state index contributed by atoms with van der Waals surface area (Å²) in [5.74, 6) is 0. The highest BCUT2D eigenvalue weighted by atomic mass is 32.2. The predicted molar refractivity (Wildman–Crippen MR) is 142 cm³/mol. The first-order valence-corrected chi connectivity index (χ1v) is 13.1. The minimum absolute atomic E-state index is 0.103. The minimum atomic E-state index is -4.26. The molecule has 0 aliphatic carbocycles. The van der Waals surface area contributed by atoms with Crippen molar-refractivity contribution >= 4 is 45.0 Å². The molecule has 0 spiro atoms. The Kier molecular flexibility index (Phi) is 9.24. The van der Waals surface area contributed by atoms with Gasteiger partial charge in [-0.1, -0.05) is 121 Å². The lowest BCUT2D eigenvalue weighted by Crippen LogP contribution is -2.00. The van der Waals surface area contributed by atoms with Crippen LogP contribution in [0.5, 0.6) is 0 Å². The van der Waals surface area contributed by atoms with Crippen molar-refractivity contribution in [2.45, 2.75) is 4.90 Å². The van der Waals surface area contributed by atoms with E-state index in [0.717, 1.165) is 22.3 Å². The van der Waals surface area contributed by atoms with E-state index in [-0.39, 0.29) is 4.90 Å². The first-order valence-electron chi connectivity index (χ1n) is 10.7. The molecule has 0 saturated carbocycles. The van der Waals surface area contributed by atoms with E-state index < -0.39 is 20.7 Å². The van der Waals surface area contributed by atoms with Crippen LogP contribution in [0, 0.1) is 0 Å². The standard InChI is InChI=1S/C28H22O3S.O3S/c29-32(30,31)28-9-5-4-8-27(28)21-16-24-14-19-26(20-15-24)25-17-12-23(13-18-25)11-10-22-6-2-1-3-7-22;1-4(2)3/h1-21H,(H,29,30,31);/b11-10+,21-16+;. The smallest absolute Gasteiger partial charge is 0.282 e. The highest BCUT2D eigenvalue weighted by Gasteiger charge is 2.12. The molecule has 0 atom stereocenters. The van der Waals surface area contributed by atoms with Crippen LogP contribution in [0.1, 0.15) is 22.3 Å². The molecule has 0 amide bonds. The minimum Gasteiger partial charge on any atom is -0.282 e. The van der Waals surface area contributed by atoms with Crippen LogP contribution in [0.2, 0.25) is 0 Å². The number of hydrogen-bond acceptors (Lipinski definition) is 5.